The first kappa shape index (κ1) is 13.0. The number of primary amides is 1. The Morgan fingerprint density at radius 2 is 2.16 bits per heavy atom. The van der Waals surface area contributed by atoms with Crippen LogP contribution in [0.5, 0.6) is 0 Å². The van der Waals surface area contributed by atoms with Gasteiger partial charge in [0.05, 0.1) is 24.3 Å². The SMILES string of the molecule is NC(=O)Cn1cc(NC(=O)c2cncc(Cl)n2)cn1. The van der Waals surface area contributed by atoms with Gasteiger partial charge >= 0.3 is 0 Å². The molecule has 19 heavy (non-hydrogen) atoms. The number of hydrogen-bond donors (Lipinski definition) is 2. The van der Waals surface area contributed by atoms with Crippen molar-refractivity contribution in [1.29, 1.82) is 0 Å². The highest BCUT2D eigenvalue weighted by Gasteiger charge is 2.10. The number of carbonyl (C=O) groups excluding carboxylic acids is 2. The van der Waals surface area contributed by atoms with E-state index in [0.29, 0.717) is 5.69 Å². The third-order valence-corrected chi connectivity index (χ3v) is 2.23. The van der Waals surface area contributed by atoms with Crippen molar-refractivity contribution in [3.8, 4) is 0 Å². The predicted molar refractivity (Wildman–Crippen MR) is 66.4 cm³/mol. The van der Waals surface area contributed by atoms with E-state index in [2.05, 4.69) is 20.4 Å². The molecule has 0 radical (unpaired) electrons. The number of anilines is 1. The number of rotatable bonds is 4. The normalized spacial score (nSPS) is 10.2. The Bertz CT molecular complexity index is 626. The van der Waals surface area contributed by atoms with E-state index in [9.17, 15) is 9.59 Å². The Labute approximate surface area is 112 Å². The van der Waals surface area contributed by atoms with Crippen LogP contribution in [0.15, 0.2) is 24.8 Å². The monoisotopic (exact) mass is 280 g/mol. The van der Waals surface area contributed by atoms with Crippen molar-refractivity contribution < 1.29 is 9.59 Å². The third kappa shape index (κ3) is 3.49. The zero-order chi connectivity index (χ0) is 13.8. The standard InChI is InChI=1S/C10H9ClN6O2/c11-8-3-13-2-7(16-8)10(19)15-6-1-14-17(4-6)5-9(12)18/h1-4H,5H2,(H2,12,18)(H,15,19). The number of nitrogens with one attached hydrogen (secondary N) is 1. The van der Waals surface area contributed by atoms with Crippen LogP contribution < -0.4 is 11.1 Å². The summed E-state index contributed by atoms with van der Waals surface area (Å²) in [7, 11) is 0. The molecular weight excluding hydrogens is 272 g/mol. The maximum Gasteiger partial charge on any atom is 0.276 e. The smallest absolute Gasteiger partial charge is 0.276 e. The largest absolute Gasteiger partial charge is 0.368 e. The average molecular weight is 281 g/mol. The molecule has 0 aliphatic rings. The van der Waals surface area contributed by atoms with Gasteiger partial charge in [0, 0.05) is 6.20 Å². The number of halogens is 1. The van der Waals surface area contributed by atoms with Crippen molar-refractivity contribution in [2.45, 2.75) is 6.54 Å². The molecule has 8 nitrogen and oxygen atoms in total. The van der Waals surface area contributed by atoms with Gasteiger partial charge in [-0.05, 0) is 0 Å². The molecule has 0 aromatic carbocycles. The molecule has 0 atom stereocenters. The summed E-state index contributed by atoms with van der Waals surface area (Å²) in [6, 6.07) is 0. The van der Waals surface area contributed by atoms with Gasteiger partial charge in [-0.2, -0.15) is 5.10 Å². The molecule has 0 saturated heterocycles. The fourth-order valence-corrected chi connectivity index (χ4v) is 1.47. The quantitative estimate of drug-likeness (QED) is 0.822. The predicted octanol–water partition coefficient (Wildman–Crippen LogP) is 0.0641. The van der Waals surface area contributed by atoms with Gasteiger partial charge in [-0.1, -0.05) is 11.6 Å². The first-order chi connectivity index (χ1) is 9.04. The summed E-state index contributed by atoms with van der Waals surface area (Å²) in [5.74, 6) is -1.00. The lowest BCUT2D eigenvalue weighted by atomic mass is 10.4. The van der Waals surface area contributed by atoms with Crippen molar-refractivity contribution in [2.75, 3.05) is 5.32 Å². The van der Waals surface area contributed by atoms with Gasteiger partial charge in [0.25, 0.3) is 5.91 Å². The van der Waals surface area contributed by atoms with Crippen LogP contribution in [0, 0.1) is 0 Å². The third-order valence-electron chi connectivity index (χ3n) is 2.05. The van der Waals surface area contributed by atoms with E-state index in [-0.39, 0.29) is 17.4 Å². The first-order valence-electron chi connectivity index (χ1n) is 5.14. The number of aromatic nitrogens is 4. The van der Waals surface area contributed by atoms with E-state index >= 15 is 0 Å². The highest BCUT2D eigenvalue weighted by Crippen LogP contribution is 2.08. The van der Waals surface area contributed by atoms with Crippen LogP contribution >= 0.6 is 11.6 Å². The molecule has 2 amide bonds. The Hall–Kier alpha value is -2.48. The summed E-state index contributed by atoms with van der Waals surface area (Å²) in [6.07, 6.45) is 5.47. The highest BCUT2D eigenvalue weighted by atomic mass is 35.5. The zero-order valence-electron chi connectivity index (χ0n) is 9.58. The number of nitrogens with zero attached hydrogens (tertiary/aromatic N) is 4. The Morgan fingerprint density at radius 1 is 1.37 bits per heavy atom. The van der Waals surface area contributed by atoms with Gasteiger partial charge in [0.1, 0.15) is 17.4 Å². The molecule has 9 heteroatoms. The summed E-state index contributed by atoms with van der Waals surface area (Å²) in [6.45, 7) is -0.0627. The van der Waals surface area contributed by atoms with Crippen molar-refractivity contribution in [1.82, 2.24) is 19.7 Å². The molecule has 0 unspecified atom stereocenters. The average Bonchev–Trinajstić information content (AvgIpc) is 2.75. The van der Waals surface area contributed by atoms with E-state index in [1.807, 2.05) is 0 Å². The van der Waals surface area contributed by atoms with Gasteiger partial charge in [0.2, 0.25) is 5.91 Å². The van der Waals surface area contributed by atoms with E-state index in [1.165, 1.54) is 29.5 Å². The second-order valence-corrected chi connectivity index (χ2v) is 3.96. The molecule has 0 aliphatic carbocycles. The molecule has 2 heterocycles. The Morgan fingerprint density at radius 3 is 2.84 bits per heavy atom. The van der Waals surface area contributed by atoms with Crippen LogP contribution in [0.4, 0.5) is 5.69 Å². The lowest BCUT2D eigenvalue weighted by Crippen LogP contribution is -2.18. The van der Waals surface area contributed by atoms with Gasteiger partial charge < -0.3 is 11.1 Å². The molecule has 0 fully saturated rings. The molecule has 3 N–H and O–H groups in total. The van der Waals surface area contributed by atoms with Gasteiger partial charge in [-0.3, -0.25) is 19.3 Å². The first-order valence-corrected chi connectivity index (χ1v) is 5.52. The molecule has 0 bridgehead atoms. The minimum absolute atomic E-state index is 0.0627. The number of amides is 2. The fraction of sp³-hybridized carbons (Fsp3) is 0.100. The van der Waals surface area contributed by atoms with Crippen LogP contribution in [0.1, 0.15) is 10.5 Å². The van der Waals surface area contributed by atoms with Crippen LogP contribution in [0.3, 0.4) is 0 Å². The minimum atomic E-state index is -0.526. The lowest BCUT2D eigenvalue weighted by molar-refractivity contribution is -0.118. The summed E-state index contributed by atoms with van der Waals surface area (Å²) in [5, 5.41) is 6.53. The van der Waals surface area contributed by atoms with Crippen LogP contribution in [0.25, 0.3) is 0 Å². The Balaban J connectivity index is 2.06. The summed E-state index contributed by atoms with van der Waals surface area (Å²) in [5.41, 5.74) is 5.51. The van der Waals surface area contributed by atoms with Gasteiger partial charge in [0.15, 0.2) is 0 Å². The van der Waals surface area contributed by atoms with Crippen molar-refractivity contribution in [3.05, 3.63) is 35.6 Å². The number of nitrogens with two attached hydrogens (primary N) is 1. The van der Waals surface area contributed by atoms with E-state index < -0.39 is 11.8 Å². The van der Waals surface area contributed by atoms with Crippen LogP contribution in [-0.2, 0) is 11.3 Å². The van der Waals surface area contributed by atoms with E-state index in [0.717, 1.165) is 0 Å². The fourth-order valence-electron chi connectivity index (χ4n) is 1.32. The molecule has 2 rings (SSSR count). The second-order valence-electron chi connectivity index (χ2n) is 3.57. The zero-order valence-corrected chi connectivity index (χ0v) is 10.3. The van der Waals surface area contributed by atoms with E-state index in [1.54, 1.807) is 0 Å². The molecule has 0 saturated carbocycles. The van der Waals surface area contributed by atoms with Crippen LogP contribution in [-0.4, -0.2) is 31.6 Å². The summed E-state index contributed by atoms with van der Waals surface area (Å²) >= 11 is 5.63. The molecule has 2 aromatic heterocycles. The molecule has 2 aromatic rings. The van der Waals surface area contributed by atoms with Crippen molar-refractivity contribution in [2.24, 2.45) is 5.73 Å². The number of carbonyl (C=O) groups is 2. The minimum Gasteiger partial charge on any atom is -0.368 e. The van der Waals surface area contributed by atoms with Crippen molar-refractivity contribution >= 4 is 29.1 Å². The summed E-state index contributed by atoms with van der Waals surface area (Å²) < 4.78 is 1.31. The molecule has 98 valence electrons. The number of hydrogen-bond acceptors (Lipinski definition) is 5. The van der Waals surface area contributed by atoms with Crippen molar-refractivity contribution in [3.63, 3.8) is 0 Å². The summed E-state index contributed by atoms with van der Waals surface area (Å²) in [4.78, 5) is 30.1. The maximum atomic E-state index is 11.8. The lowest BCUT2D eigenvalue weighted by Gasteiger charge is -2.01. The van der Waals surface area contributed by atoms with E-state index in [4.69, 9.17) is 17.3 Å². The topological polar surface area (TPSA) is 116 Å². The maximum absolute atomic E-state index is 11.8. The van der Waals surface area contributed by atoms with Crippen LogP contribution in [0.2, 0.25) is 5.15 Å². The molecule has 0 spiro atoms. The second kappa shape index (κ2) is 5.44. The molecule has 0 aliphatic heterocycles. The van der Waals surface area contributed by atoms with Gasteiger partial charge in [-0.15, -0.1) is 0 Å². The highest BCUT2D eigenvalue weighted by molar-refractivity contribution is 6.29. The van der Waals surface area contributed by atoms with Gasteiger partial charge in [-0.25, -0.2) is 4.98 Å². The molecular formula is C10H9ClN6O2. The Kier molecular flexibility index (Phi) is 3.71.